The second kappa shape index (κ2) is 7.15. The van der Waals surface area contributed by atoms with Gasteiger partial charge in [0.2, 0.25) is 0 Å². The van der Waals surface area contributed by atoms with Crippen molar-refractivity contribution in [3.63, 3.8) is 0 Å². The fourth-order valence-corrected chi connectivity index (χ4v) is 3.72. The Morgan fingerprint density at radius 1 is 1.19 bits per heavy atom. The van der Waals surface area contributed by atoms with E-state index in [9.17, 15) is 13.2 Å². The molecule has 1 aliphatic heterocycles. The molecule has 6 heteroatoms. The molecular weight excluding hydrogens is 288 g/mol. The zero-order valence-electron chi connectivity index (χ0n) is 12.3. The average Bonchev–Trinajstić information content (AvgIpc) is 2.48. The first-order chi connectivity index (χ1) is 10.0. The molecule has 116 valence electrons. The molecule has 0 atom stereocenters. The van der Waals surface area contributed by atoms with Crippen molar-refractivity contribution >= 4 is 15.6 Å². The molecule has 1 aromatic carbocycles. The summed E-state index contributed by atoms with van der Waals surface area (Å²) in [6.45, 7) is 5.78. The zero-order chi connectivity index (χ0) is 15.3. The Hall–Kier alpha value is -1.24. The molecule has 0 amide bonds. The van der Waals surface area contributed by atoms with Gasteiger partial charge in [-0.15, -0.1) is 0 Å². The lowest BCUT2D eigenvalue weighted by Gasteiger charge is -2.26. The van der Waals surface area contributed by atoms with Gasteiger partial charge in [0.05, 0.1) is 17.2 Å². The quantitative estimate of drug-likeness (QED) is 0.793. The van der Waals surface area contributed by atoms with Gasteiger partial charge in [0.15, 0.2) is 15.6 Å². The number of carbonyl (C=O) groups is 1. The molecule has 0 aliphatic carbocycles. The molecule has 1 aromatic rings. The maximum Gasteiger partial charge on any atom is 0.178 e. The summed E-state index contributed by atoms with van der Waals surface area (Å²) in [6, 6.07) is 6.31. The van der Waals surface area contributed by atoms with Crippen LogP contribution in [0.2, 0.25) is 0 Å². The third-order valence-electron chi connectivity index (χ3n) is 3.59. The molecule has 1 fully saturated rings. The normalized spacial score (nSPS) is 16.8. The van der Waals surface area contributed by atoms with Gasteiger partial charge in [-0.25, -0.2) is 8.42 Å². The predicted molar refractivity (Wildman–Crippen MR) is 82.4 cm³/mol. The van der Waals surface area contributed by atoms with E-state index in [0.29, 0.717) is 23.4 Å². The smallest absolute Gasteiger partial charge is 0.178 e. The van der Waals surface area contributed by atoms with Crippen molar-refractivity contribution in [1.82, 2.24) is 10.2 Å². The average molecular weight is 310 g/mol. The van der Waals surface area contributed by atoms with Gasteiger partial charge < -0.3 is 5.32 Å². The molecule has 0 saturated carbocycles. The Kier molecular flexibility index (Phi) is 5.50. The van der Waals surface area contributed by atoms with Gasteiger partial charge in [0, 0.05) is 31.7 Å². The number of Topliss-reactive ketones (excluding diaryl/α,β-unsaturated/α-hetero) is 1. The lowest BCUT2D eigenvalue weighted by atomic mass is 10.1. The summed E-state index contributed by atoms with van der Waals surface area (Å²) in [6.07, 6.45) is 0.589. The van der Waals surface area contributed by atoms with Crippen LogP contribution in [0.15, 0.2) is 29.2 Å². The summed E-state index contributed by atoms with van der Waals surface area (Å²) in [5.41, 5.74) is 0.573. The topological polar surface area (TPSA) is 66.5 Å². The van der Waals surface area contributed by atoms with Crippen LogP contribution in [-0.2, 0) is 9.84 Å². The number of nitrogens with one attached hydrogen (secondary N) is 1. The van der Waals surface area contributed by atoms with E-state index in [1.165, 1.54) is 12.1 Å². The van der Waals surface area contributed by atoms with Gasteiger partial charge in [0.25, 0.3) is 0 Å². The molecule has 2 rings (SSSR count). The number of sulfone groups is 1. The number of ketones is 1. The number of hydrogen-bond donors (Lipinski definition) is 1. The molecular formula is C15H22N2O3S. The summed E-state index contributed by atoms with van der Waals surface area (Å²) < 4.78 is 23.9. The summed E-state index contributed by atoms with van der Waals surface area (Å²) in [7, 11) is -3.21. The first-order valence-electron chi connectivity index (χ1n) is 7.32. The second-order valence-electron chi connectivity index (χ2n) is 5.29. The molecule has 0 aromatic heterocycles. The molecule has 1 aliphatic rings. The third kappa shape index (κ3) is 4.36. The number of piperazine rings is 1. The Bertz CT molecular complexity index is 575. The van der Waals surface area contributed by atoms with E-state index < -0.39 is 9.84 Å². The summed E-state index contributed by atoms with van der Waals surface area (Å²) in [5, 5.41) is 3.24. The van der Waals surface area contributed by atoms with Crippen LogP contribution >= 0.6 is 0 Å². The molecule has 21 heavy (non-hydrogen) atoms. The standard InChI is InChI=1S/C15H22N2O3S/c1-2-11-21(19,20)14-5-3-13(4-6-14)15(18)12-17-9-7-16-8-10-17/h3-6,16H,2,7-12H2,1H3. The number of carbonyl (C=O) groups excluding carboxylic acids is 1. The van der Waals surface area contributed by atoms with Crippen LogP contribution in [-0.4, -0.2) is 57.6 Å². The van der Waals surface area contributed by atoms with Crippen LogP contribution in [0.5, 0.6) is 0 Å². The Labute approximate surface area is 126 Å². The van der Waals surface area contributed by atoms with Crippen LogP contribution in [0.1, 0.15) is 23.7 Å². The van der Waals surface area contributed by atoms with Crippen LogP contribution in [0.4, 0.5) is 0 Å². The first kappa shape index (κ1) is 16.1. The minimum absolute atomic E-state index is 0.0383. The van der Waals surface area contributed by atoms with Crippen molar-refractivity contribution < 1.29 is 13.2 Å². The first-order valence-corrected chi connectivity index (χ1v) is 8.97. The van der Waals surface area contributed by atoms with Crippen LogP contribution < -0.4 is 5.32 Å². The highest BCUT2D eigenvalue weighted by atomic mass is 32.2. The molecule has 5 nitrogen and oxygen atoms in total. The highest BCUT2D eigenvalue weighted by Crippen LogP contribution is 2.14. The molecule has 0 spiro atoms. The van der Waals surface area contributed by atoms with Gasteiger partial charge in [-0.2, -0.15) is 0 Å². The number of benzene rings is 1. The SMILES string of the molecule is CCCS(=O)(=O)c1ccc(C(=O)CN2CCNCC2)cc1. The number of nitrogens with zero attached hydrogens (tertiary/aromatic N) is 1. The van der Waals surface area contributed by atoms with Crippen molar-refractivity contribution in [2.75, 3.05) is 38.5 Å². The van der Waals surface area contributed by atoms with Crippen molar-refractivity contribution in [2.45, 2.75) is 18.2 Å². The molecule has 1 N–H and O–H groups in total. The van der Waals surface area contributed by atoms with Gasteiger partial charge in [-0.3, -0.25) is 9.69 Å². The van der Waals surface area contributed by atoms with E-state index >= 15 is 0 Å². The van der Waals surface area contributed by atoms with E-state index in [0.717, 1.165) is 26.2 Å². The highest BCUT2D eigenvalue weighted by molar-refractivity contribution is 7.91. The van der Waals surface area contributed by atoms with E-state index in [-0.39, 0.29) is 11.5 Å². The predicted octanol–water partition coefficient (Wildman–Crippen LogP) is 0.958. The van der Waals surface area contributed by atoms with Crippen molar-refractivity contribution in [2.24, 2.45) is 0 Å². The monoisotopic (exact) mass is 310 g/mol. The minimum Gasteiger partial charge on any atom is -0.314 e. The summed E-state index contributed by atoms with van der Waals surface area (Å²) in [5.74, 6) is 0.178. The molecule has 0 radical (unpaired) electrons. The van der Waals surface area contributed by atoms with Crippen LogP contribution in [0, 0.1) is 0 Å². The van der Waals surface area contributed by atoms with E-state index in [1.807, 2.05) is 6.92 Å². The van der Waals surface area contributed by atoms with Gasteiger partial charge in [-0.1, -0.05) is 19.1 Å². The van der Waals surface area contributed by atoms with Gasteiger partial charge >= 0.3 is 0 Å². The van der Waals surface area contributed by atoms with Crippen molar-refractivity contribution in [1.29, 1.82) is 0 Å². The molecule has 1 saturated heterocycles. The fraction of sp³-hybridized carbons (Fsp3) is 0.533. The van der Waals surface area contributed by atoms with Crippen molar-refractivity contribution in [3.8, 4) is 0 Å². The third-order valence-corrected chi connectivity index (χ3v) is 5.52. The van der Waals surface area contributed by atoms with Gasteiger partial charge in [-0.05, 0) is 18.6 Å². The highest BCUT2D eigenvalue weighted by Gasteiger charge is 2.17. The zero-order valence-corrected chi connectivity index (χ0v) is 13.2. The molecule has 0 bridgehead atoms. The van der Waals surface area contributed by atoms with E-state index in [1.54, 1.807) is 12.1 Å². The van der Waals surface area contributed by atoms with Crippen molar-refractivity contribution in [3.05, 3.63) is 29.8 Å². The maximum absolute atomic E-state index is 12.2. The number of rotatable bonds is 6. The van der Waals surface area contributed by atoms with Crippen LogP contribution in [0.3, 0.4) is 0 Å². The lowest BCUT2D eigenvalue weighted by molar-refractivity contribution is 0.0921. The minimum atomic E-state index is -3.21. The fourth-order valence-electron chi connectivity index (χ4n) is 2.40. The lowest BCUT2D eigenvalue weighted by Crippen LogP contribution is -2.45. The van der Waals surface area contributed by atoms with Crippen LogP contribution in [0.25, 0.3) is 0 Å². The largest absolute Gasteiger partial charge is 0.314 e. The summed E-state index contributed by atoms with van der Waals surface area (Å²) in [4.78, 5) is 14.6. The van der Waals surface area contributed by atoms with E-state index in [2.05, 4.69) is 10.2 Å². The summed E-state index contributed by atoms with van der Waals surface area (Å²) >= 11 is 0. The maximum atomic E-state index is 12.2. The Morgan fingerprint density at radius 2 is 1.81 bits per heavy atom. The Morgan fingerprint density at radius 3 is 2.38 bits per heavy atom. The molecule has 1 heterocycles. The second-order valence-corrected chi connectivity index (χ2v) is 7.40. The number of hydrogen-bond acceptors (Lipinski definition) is 5. The van der Waals surface area contributed by atoms with Gasteiger partial charge in [0.1, 0.15) is 0 Å². The van der Waals surface area contributed by atoms with E-state index in [4.69, 9.17) is 0 Å². The molecule has 0 unspecified atom stereocenters. The Balaban J connectivity index is 2.02.